The fourth-order valence-corrected chi connectivity index (χ4v) is 1.70. The van der Waals surface area contributed by atoms with Crippen molar-refractivity contribution < 1.29 is 4.74 Å². The lowest BCUT2D eigenvalue weighted by Gasteiger charge is -2.19. The molecule has 0 saturated carbocycles. The van der Waals surface area contributed by atoms with Crippen molar-refractivity contribution in [2.75, 3.05) is 21.2 Å². The molecule has 0 aliphatic carbocycles. The van der Waals surface area contributed by atoms with Gasteiger partial charge in [-0.2, -0.15) is 0 Å². The number of rotatable bonds is 4. The van der Waals surface area contributed by atoms with Crippen LogP contribution in [0.5, 0.6) is 5.75 Å². The maximum Gasteiger partial charge on any atom is 0.125 e. The van der Waals surface area contributed by atoms with Crippen molar-refractivity contribution in [3.63, 3.8) is 0 Å². The molecular weight excluding hydrogens is 212 g/mol. The van der Waals surface area contributed by atoms with Crippen molar-refractivity contribution in [3.05, 3.63) is 28.3 Å². The van der Waals surface area contributed by atoms with Gasteiger partial charge in [0.1, 0.15) is 5.75 Å². The highest BCUT2D eigenvalue weighted by Crippen LogP contribution is 2.29. The van der Waals surface area contributed by atoms with Gasteiger partial charge >= 0.3 is 0 Å². The summed E-state index contributed by atoms with van der Waals surface area (Å²) in [7, 11) is 5.43. The van der Waals surface area contributed by atoms with Gasteiger partial charge in [0.2, 0.25) is 0 Å². The number of nitrogens with one attached hydrogen (secondary N) is 2. The van der Waals surface area contributed by atoms with E-state index in [1.165, 1.54) is 0 Å². The summed E-state index contributed by atoms with van der Waals surface area (Å²) in [6.07, 6.45) is 0.0399. The van der Waals surface area contributed by atoms with Crippen LogP contribution in [-0.4, -0.2) is 21.2 Å². The number of hydrogen-bond donors (Lipinski definition) is 2. The lowest BCUT2D eigenvalue weighted by molar-refractivity contribution is 0.395. The second-order valence-electron chi connectivity index (χ2n) is 3.35. The minimum Gasteiger partial charge on any atom is -0.496 e. The number of methoxy groups -OCH3 is 1. The molecule has 1 aromatic rings. The molecule has 0 fully saturated rings. The van der Waals surface area contributed by atoms with Crippen LogP contribution in [0.15, 0.2) is 12.1 Å². The van der Waals surface area contributed by atoms with E-state index in [9.17, 15) is 0 Å². The van der Waals surface area contributed by atoms with E-state index in [-0.39, 0.29) is 6.17 Å². The van der Waals surface area contributed by atoms with Crippen molar-refractivity contribution >= 4 is 11.6 Å². The van der Waals surface area contributed by atoms with E-state index >= 15 is 0 Å². The van der Waals surface area contributed by atoms with E-state index in [0.717, 1.165) is 21.9 Å². The number of hydrogen-bond acceptors (Lipinski definition) is 3. The molecule has 15 heavy (non-hydrogen) atoms. The monoisotopic (exact) mass is 228 g/mol. The first-order chi connectivity index (χ1) is 7.13. The highest BCUT2D eigenvalue weighted by atomic mass is 35.5. The summed E-state index contributed by atoms with van der Waals surface area (Å²) in [6, 6.07) is 3.87. The van der Waals surface area contributed by atoms with Crippen molar-refractivity contribution in [2.24, 2.45) is 0 Å². The molecule has 0 spiro atoms. The molecule has 0 aromatic heterocycles. The van der Waals surface area contributed by atoms with Crippen LogP contribution in [-0.2, 0) is 0 Å². The van der Waals surface area contributed by atoms with Crippen LogP contribution in [0.2, 0.25) is 5.02 Å². The van der Waals surface area contributed by atoms with E-state index in [1.54, 1.807) is 7.11 Å². The van der Waals surface area contributed by atoms with E-state index in [2.05, 4.69) is 10.6 Å². The van der Waals surface area contributed by atoms with E-state index < -0.39 is 0 Å². The minimum atomic E-state index is 0.0399. The molecule has 0 atom stereocenters. The van der Waals surface area contributed by atoms with E-state index in [4.69, 9.17) is 16.3 Å². The summed E-state index contributed by atoms with van der Waals surface area (Å²) in [5.41, 5.74) is 2.03. The first-order valence-electron chi connectivity index (χ1n) is 4.82. The number of benzene rings is 1. The summed E-state index contributed by atoms with van der Waals surface area (Å²) >= 11 is 6.09. The average molecular weight is 229 g/mol. The zero-order chi connectivity index (χ0) is 11.4. The zero-order valence-electron chi connectivity index (χ0n) is 9.52. The molecule has 0 bridgehead atoms. The summed E-state index contributed by atoms with van der Waals surface area (Å²) in [4.78, 5) is 0. The van der Waals surface area contributed by atoms with Gasteiger partial charge in [-0.15, -0.1) is 0 Å². The van der Waals surface area contributed by atoms with Gasteiger partial charge in [-0.1, -0.05) is 11.6 Å². The molecule has 0 aliphatic heterocycles. The number of halogens is 1. The lowest BCUT2D eigenvalue weighted by atomic mass is 10.1. The molecule has 0 heterocycles. The average Bonchev–Trinajstić information content (AvgIpc) is 2.24. The van der Waals surface area contributed by atoms with Crippen LogP contribution in [0.25, 0.3) is 0 Å². The molecule has 0 saturated heterocycles. The predicted octanol–water partition coefficient (Wildman–Crippen LogP) is 2.09. The smallest absolute Gasteiger partial charge is 0.125 e. The Morgan fingerprint density at radius 2 is 1.87 bits per heavy atom. The Morgan fingerprint density at radius 1 is 1.27 bits per heavy atom. The third kappa shape index (κ3) is 2.62. The molecule has 1 aromatic carbocycles. The normalized spacial score (nSPS) is 10.8. The van der Waals surface area contributed by atoms with Crippen molar-refractivity contribution in [2.45, 2.75) is 13.1 Å². The first-order valence-corrected chi connectivity index (χ1v) is 5.20. The van der Waals surface area contributed by atoms with Crippen LogP contribution in [0.1, 0.15) is 17.3 Å². The number of ether oxygens (including phenoxy) is 1. The SMILES string of the molecule is CNC(NC)c1cc(Cl)c(C)cc1OC. The van der Waals surface area contributed by atoms with Gasteiger partial charge in [-0.05, 0) is 38.7 Å². The van der Waals surface area contributed by atoms with Gasteiger partial charge in [-0.25, -0.2) is 0 Å². The van der Waals surface area contributed by atoms with Crippen LogP contribution >= 0.6 is 11.6 Å². The predicted molar refractivity (Wildman–Crippen MR) is 63.6 cm³/mol. The fraction of sp³-hybridized carbons (Fsp3) is 0.455. The molecule has 3 nitrogen and oxygen atoms in total. The van der Waals surface area contributed by atoms with Crippen molar-refractivity contribution in [1.82, 2.24) is 10.6 Å². The van der Waals surface area contributed by atoms with Crippen LogP contribution < -0.4 is 15.4 Å². The van der Waals surface area contributed by atoms with Gasteiger partial charge in [0.05, 0.1) is 13.3 Å². The molecule has 2 N–H and O–H groups in total. The Labute approximate surface area is 95.8 Å². The second kappa shape index (κ2) is 5.35. The molecule has 1 rings (SSSR count). The van der Waals surface area contributed by atoms with E-state index in [0.29, 0.717) is 0 Å². The third-order valence-electron chi connectivity index (χ3n) is 2.40. The minimum absolute atomic E-state index is 0.0399. The van der Waals surface area contributed by atoms with Crippen molar-refractivity contribution in [1.29, 1.82) is 0 Å². The molecule has 0 aliphatic rings. The highest BCUT2D eigenvalue weighted by molar-refractivity contribution is 6.31. The number of aryl methyl sites for hydroxylation is 1. The Morgan fingerprint density at radius 3 is 2.33 bits per heavy atom. The second-order valence-corrected chi connectivity index (χ2v) is 3.76. The molecule has 0 unspecified atom stereocenters. The Balaban J connectivity index is 3.20. The third-order valence-corrected chi connectivity index (χ3v) is 2.81. The molecule has 0 radical (unpaired) electrons. The quantitative estimate of drug-likeness (QED) is 0.775. The summed E-state index contributed by atoms with van der Waals surface area (Å²) in [5.74, 6) is 0.839. The van der Waals surface area contributed by atoms with Gasteiger partial charge < -0.3 is 15.4 Å². The van der Waals surface area contributed by atoms with Gasteiger partial charge in [0.25, 0.3) is 0 Å². The van der Waals surface area contributed by atoms with Gasteiger partial charge in [0, 0.05) is 10.6 Å². The maximum atomic E-state index is 6.09. The summed E-state index contributed by atoms with van der Waals surface area (Å²) in [5, 5.41) is 7.03. The van der Waals surface area contributed by atoms with Gasteiger partial charge in [0.15, 0.2) is 0 Å². The highest BCUT2D eigenvalue weighted by Gasteiger charge is 2.14. The first kappa shape index (κ1) is 12.3. The standard InChI is InChI=1S/C11H17ClN2O/c1-7-5-10(15-4)8(6-9(7)12)11(13-2)14-3/h5-6,11,13-14H,1-4H3. The molecule has 84 valence electrons. The van der Waals surface area contributed by atoms with Crippen molar-refractivity contribution in [3.8, 4) is 5.75 Å². The zero-order valence-corrected chi connectivity index (χ0v) is 10.3. The Hall–Kier alpha value is -0.770. The van der Waals surface area contributed by atoms with Crippen LogP contribution in [0.3, 0.4) is 0 Å². The Bertz CT molecular complexity index is 338. The van der Waals surface area contributed by atoms with Crippen LogP contribution in [0, 0.1) is 6.92 Å². The lowest BCUT2D eigenvalue weighted by Crippen LogP contribution is -2.29. The maximum absolute atomic E-state index is 6.09. The topological polar surface area (TPSA) is 33.3 Å². The van der Waals surface area contributed by atoms with E-state index in [1.807, 2.05) is 33.2 Å². The molecular formula is C11H17ClN2O. The molecule has 4 heteroatoms. The molecule has 0 amide bonds. The fourth-order valence-electron chi connectivity index (χ4n) is 1.53. The van der Waals surface area contributed by atoms with Crippen LogP contribution in [0.4, 0.5) is 0 Å². The summed E-state index contributed by atoms with van der Waals surface area (Å²) in [6.45, 7) is 1.96. The summed E-state index contributed by atoms with van der Waals surface area (Å²) < 4.78 is 5.33. The Kier molecular flexibility index (Phi) is 4.39. The van der Waals surface area contributed by atoms with Gasteiger partial charge in [-0.3, -0.25) is 0 Å². The largest absolute Gasteiger partial charge is 0.496 e.